The summed E-state index contributed by atoms with van der Waals surface area (Å²) in [6.45, 7) is 5.42. The number of anilines is 1. The number of carboxylic acid groups (broad SMARTS) is 1. The third-order valence-corrected chi connectivity index (χ3v) is 7.12. The highest BCUT2D eigenvalue weighted by Crippen LogP contribution is 2.27. The lowest BCUT2D eigenvalue weighted by molar-refractivity contribution is -0.128. The molecule has 0 radical (unpaired) electrons. The summed E-state index contributed by atoms with van der Waals surface area (Å²) in [5.41, 5.74) is 1.55. The van der Waals surface area contributed by atoms with Crippen LogP contribution in [0.4, 0.5) is 19.3 Å². The predicted octanol–water partition coefficient (Wildman–Crippen LogP) is 4.76. The lowest BCUT2D eigenvalue weighted by atomic mass is 9.95. The van der Waals surface area contributed by atoms with E-state index in [4.69, 9.17) is 0 Å². The molecule has 2 N–H and O–H groups in total. The van der Waals surface area contributed by atoms with Gasteiger partial charge in [0.05, 0.1) is 11.4 Å². The molecule has 0 saturated heterocycles. The fraction of sp³-hybridized carbons (Fsp3) is 0.355. The number of hydrogen-bond acceptors (Lipinski definition) is 4. The molecule has 10 heteroatoms. The number of rotatable bonds is 9. The lowest BCUT2D eigenvalue weighted by Gasteiger charge is -2.40. The number of hydrogen-bond donors (Lipinski definition) is 2. The molecule has 3 aromatic rings. The largest absolute Gasteiger partial charge is 0.465 e. The molecule has 2 atom stereocenters. The zero-order chi connectivity index (χ0) is 29.7. The van der Waals surface area contributed by atoms with Crippen molar-refractivity contribution in [3.8, 4) is 0 Å². The van der Waals surface area contributed by atoms with E-state index in [-0.39, 0.29) is 31.0 Å². The number of fused-ring (bicyclic) bond motifs is 1. The van der Waals surface area contributed by atoms with Gasteiger partial charge < -0.3 is 15.3 Å². The first-order chi connectivity index (χ1) is 19.4. The maximum absolute atomic E-state index is 14.5. The van der Waals surface area contributed by atoms with Crippen LogP contribution in [0, 0.1) is 11.6 Å². The molecule has 0 fully saturated rings. The van der Waals surface area contributed by atoms with Crippen molar-refractivity contribution in [2.24, 2.45) is 0 Å². The number of aromatic nitrogens is 1. The first-order valence-corrected chi connectivity index (χ1v) is 13.5. The van der Waals surface area contributed by atoms with E-state index >= 15 is 0 Å². The Morgan fingerprint density at radius 1 is 1.10 bits per heavy atom. The maximum atomic E-state index is 14.5. The highest BCUT2D eigenvalue weighted by atomic mass is 19.1. The Hall–Kier alpha value is -4.34. The number of amides is 3. The third kappa shape index (κ3) is 7.25. The van der Waals surface area contributed by atoms with E-state index in [9.17, 15) is 28.3 Å². The summed E-state index contributed by atoms with van der Waals surface area (Å²) < 4.78 is 27.9. The Morgan fingerprint density at radius 2 is 1.80 bits per heavy atom. The number of carbonyl (C=O) groups excluding carboxylic acids is 2. The monoisotopic (exact) mass is 564 g/mol. The van der Waals surface area contributed by atoms with Gasteiger partial charge in [-0.3, -0.25) is 19.5 Å². The van der Waals surface area contributed by atoms with Crippen molar-refractivity contribution in [1.82, 2.24) is 15.2 Å². The summed E-state index contributed by atoms with van der Waals surface area (Å²) in [5.74, 6) is -1.68. The molecule has 1 aliphatic rings. The normalized spacial score (nSPS) is 15.7. The van der Waals surface area contributed by atoms with Crippen molar-refractivity contribution in [2.45, 2.75) is 64.1 Å². The highest BCUT2D eigenvalue weighted by molar-refractivity contribution is 6.01. The van der Waals surface area contributed by atoms with Gasteiger partial charge >= 0.3 is 6.09 Å². The third-order valence-electron chi connectivity index (χ3n) is 7.12. The van der Waals surface area contributed by atoms with Crippen LogP contribution >= 0.6 is 0 Å². The van der Waals surface area contributed by atoms with E-state index in [2.05, 4.69) is 10.3 Å². The Labute approximate surface area is 238 Å². The molecular formula is C31H34F2N4O4. The summed E-state index contributed by atoms with van der Waals surface area (Å²) in [6, 6.07) is 13.8. The SMILES string of the molecule is CC(C)(C)N(C(=O)O)[C@@H](CC(=O)NC1Cc2ncccc2N(CCc2ccc(F)cc2)C1=O)Cc1ccccc1F. The number of nitrogens with one attached hydrogen (secondary N) is 1. The fourth-order valence-corrected chi connectivity index (χ4v) is 5.29. The van der Waals surface area contributed by atoms with Crippen molar-refractivity contribution < 1.29 is 28.3 Å². The molecule has 1 aliphatic heterocycles. The Kier molecular flexibility index (Phi) is 9.00. The average Bonchev–Trinajstić information content (AvgIpc) is 2.90. The molecule has 216 valence electrons. The van der Waals surface area contributed by atoms with Gasteiger partial charge in [0.25, 0.3) is 0 Å². The Morgan fingerprint density at radius 3 is 2.46 bits per heavy atom. The second kappa shape index (κ2) is 12.4. The van der Waals surface area contributed by atoms with Crippen LogP contribution in [0.15, 0.2) is 66.9 Å². The molecule has 1 aromatic heterocycles. The number of carbonyl (C=O) groups is 3. The summed E-state index contributed by atoms with van der Waals surface area (Å²) in [4.78, 5) is 46.4. The number of halogens is 2. The first kappa shape index (κ1) is 29.6. The summed E-state index contributed by atoms with van der Waals surface area (Å²) in [6.07, 6.45) is 0.733. The molecule has 2 aromatic carbocycles. The lowest BCUT2D eigenvalue weighted by Crippen LogP contribution is -2.56. The van der Waals surface area contributed by atoms with Gasteiger partial charge in [-0.1, -0.05) is 30.3 Å². The minimum atomic E-state index is -1.23. The number of benzene rings is 2. The van der Waals surface area contributed by atoms with Crippen molar-refractivity contribution >= 4 is 23.6 Å². The van der Waals surface area contributed by atoms with E-state index in [0.29, 0.717) is 29.9 Å². The number of nitrogens with zero attached hydrogens (tertiary/aromatic N) is 3. The smallest absolute Gasteiger partial charge is 0.408 e. The molecule has 3 amide bonds. The molecule has 0 spiro atoms. The average molecular weight is 565 g/mol. The van der Waals surface area contributed by atoms with Crippen LogP contribution in [0.5, 0.6) is 0 Å². The zero-order valence-corrected chi connectivity index (χ0v) is 23.3. The van der Waals surface area contributed by atoms with Gasteiger partial charge in [0.1, 0.15) is 17.7 Å². The van der Waals surface area contributed by atoms with Gasteiger partial charge in [0.2, 0.25) is 11.8 Å². The highest BCUT2D eigenvalue weighted by Gasteiger charge is 2.38. The van der Waals surface area contributed by atoms with Crippen LogP contribution in [0.2, 0.25) is 0 Å². The van der Waals surface area contributed by atoms with Crippen molar-refractivity contribution in [3.63, 3.8) is 0 Å². The maximum Gasteiger partial charge on any atom is 0.408 e. The van der Waals surface area contributed by atoms with Crippen molar-refractivity contribution in [2.75, 3.05) is 11.4 Å². The van der Waals surface area contributed by atoms with Crippen molar-refractivity contribution in [1.29, 1.82) is 0 Å². The minimum absolute atomic E-state index is 0.0174. The van der Waals surface area contributed by atoms with E-state index in [0.717, 1.165) is 10.5 Å². The predicted molar refractivity (Wildman–Crippen MR) is 150 cm³/mol. The van der Waals surface area contributed by atoms with Gasteiger partial charge in [0.15, 0.2) is 0 Å². The number of pyridine rings is 1. The topological polar surface area (TPSA) is 103 Å². The van der Waals surface area contributed by atoms with Crippen LogP contribution in [-0.4, -0.2) is 57.1 Å². The van der Waals surface area contributed by atoms with Crippen LogP contribution in [0.25, 0.3) is 0 Å². The molecule has 0 aliphatic carbocycles. The minimum Gasteiger partial charge on any atom is -0.465 e. The molecular weight excluding hydrogens is 530 g/mol. The Balaban J connectivity index is 1.54. The van der Waals surface area contributed by atoms with Crippen LogP contribution in [-0.2, 0) is 28.9 Å². The van der Waals surface area contributed by atoms with E-state index in [1.807, 2.05) is 0 Å². The van der Waals surface area contributed by atoms with Gasteiger partial charge in [0, 0.05) is 37.2 Å². The molecule has 41 heavy (non-hydrogen) atoms. The van der Waals surface area contributed by atoms with Gasteiger partial charge in [-0.25, -0.2) is 13.6 Å². The second-order valence-corrected chi connectivity index (χ2v) is 11.1. The van der Waals surface area contributed by atoms with Crippen LogP contribution < -0.4 is 10.2 Å². The fourth-order valence-electron chi connectivity index (χ4n) is 5.29. The zero-order valence-electron chi connectivity index (χ0n) is 23.3. The summed E-state index contributed by atoms with van der Waals surface area (Å²) in [7, 11) is 0. The molecule has 0 bridgehead atoms. The Bertz CT molecular complexity index is 1410. The molecule has 4 rings (SSSR count). The quantitative estimate of drug-likeness (QED) is 0.390. The summed E-state index contributed by atoms with van der Waals surface area (Å²) in [5, 5.41) is 12.8. The van der Waals surface area contributed by atoms with Crippen LogP contribution in [0.3, 0.4) is 0 Å². The van der Waals surface area contributed by atoms with Crippen molar-refractivity contribution in [3.05, 3.63) is 95.3 Å². The van der Waals surface area contributed by atoms with Gasteiger partial charge in [-0.2, -0.15) is 0 Å². The molecule has 1 unspecified atom stereocenters. The molecule has 2 heterocycles. The molecule has 0 saturated carbocycles. The molecule has 8 nitrogen and oxygen atoms in total. The van der Waals surface area contributed by atoms with Gasteiger partial charge in [-0.15, -0.1) is 0 Å². The van der Waals surface area contributed by atoms with Gasteiger partial charge in [-0.05, 0) is 75.1 Å². The standard InChI is InChI=1S/C31H34F2N4O4/c1-31(2,3)37(30(40)41)23(17-21-7-4-5-8-24(21)33)18-28(38)35-26-19-25-27(9-6-15-34-25)36(29(26)39)16-14-20-10-12-22(32)13-11-20/h4-13,15,23,26H,14,16-19H2,1-3H3,(H,35,38)(H,40,41)/t23-,26?/m1/s1. The van der Waals surface area contributed by atoms with E-state index in [1.54, 1.807) is 74.3 Å². The summed E-state index contributed by atoms with van der Waals surface area (Å²) >= 11 is 0. The van der Waals surface area contributed by atoms with Crippen LogP contribution in [0.1, 0.15) is 44.0 Å². The first-order valence-electron chi connectivity index (χ1n) is 13.5. The van der Waals surface area contributed by atoms with E-state index in [1.165, 1.54) is 18.2 Å². The second-order valence-electron chi connectivity index (χ2n) is 11.1. The van der Waals surface area contributed by atoms with E-state index < -0.39 is 35.4 Å².